The first kappa shape index (κ1) is 12.9. The van der Waals surface area contributed by atoms with Crippen molar-refractivity contribution in [2.45, 2.75) is 11.3 Å². The maximum Gasteiger partial charge on any atom is 0.123 e. The van der Waals surface area contributed by atoms with Gasteiger partial charge in [-0.15, -0.1) is 11.8 Å². The summed E-state index contributed by atoms with van der Waals surface area (Å²) in [5.74, 6) is 1.53. The first-order chi connectivity index (χ1) is 8.34. The molecule has 0 radical (unpaired) electrons. The fourth-order valence-electron chi connectivity index (χ4n) is 1.82. The van der Waals surface area contributed by atoms with Crippen molar-refractivity contribution in [1.82, 2.24) is 5.32 Å². The average molecular weight is 255 g/mol. The number of thioether (sulfide) groups is 1. The van der Waals surface area contributed by atoms with E-state index in [9.17, 15) is 4.39 Å². The van der Waals surface area contributed by atoms with E-state index < -0.39 is 0 Å². The van der Waals surface area contributed by atoms with Crippen molar-refractivity contribution in [3.05, 3.63) is 30.1 Å². The van der Waals surface area contributed by atoms with E-state index >= 15 is 0 Å². The Morgan fingerprint density at radius 3 is 2.88 bits per heavy atom. The van der Waals surface area contributed by atoms with E-state index in [0.29, 0.717) is 5.92 Å². The van der Waals surface area contributed by atoms with Gasteiger partial charge in [-0.2, -0.15) is 0 Å². The minimum atomic E-state index is -0.172. The summed E-state index contributed by atoms with van der Waals surface area (Å²) < 4.78 is 18.0. The Kier molecular flexibility index (Phi) is 5.29. The van der Waals surface area contributed by atoms with Gasteiger partial charge in [-0.3, -0.25) is 0 Å². The van der Waals surface area contributed by atoms with Gasteiger partial charge < -0.3 is 10.1 Å². The maximum absolute atomic E-state index is 12.7. The van der Waals surface area contributed by atoms with Crippen LogP contribution in [0.1, 0.15) is 6.42 Å². The molecule has 0 bridgehead atoms. The molecule has 0 spiro atoms. The third-order valence-electron chi connectivity index (χ3n) is 2.82. The quantitative estimate of drug-likeness (QED) is 0.623. The van der Waals surface area contributed by atoms with Crippen molar-refractivity contribution in [3.63, 3.8) is 0 Å². The Balaban J connectivity index is 1.55. The van der Waals surface area contributed by atoms with E-state index in [1.165, 1.54) is 18.6 Å². The summed E-state index contributed by atoms with van der Waals surface area (Å²) in [6, 6.07) is 6.66. The Hall–Kier alpha value is -0.580. The van der Waals surface area contributed by atoms with Crippen LogP contribution in [0, 0.1) is 11.7 Å². The van der Waals surface area contributed by atoms with Crippen LogP contribution in [0.4, 0.5) is 4.39 Å². The third-order valence-corrected chi connectivity index (χ3v) is 3.83. The molecule has 1 fully saturated rings. The van der Waals surface area contributed by atoms with E-state index in [-0.39, 0.29) is 5.82 Å². The number of hydrogen-bond donors (Lipinski definition) is 1. The summed E-state index contributed by atoms with van der Waals surface area (Å²) in [6.07, 6.45) is 1.18. The van der Waals surface area contributed by atoms with Gasteiger partial charge in [-0.05, 0) is 36.6 Å². The minimum Gasteiger partial charge on any atom is -0.381 e. The number of rotatable bonds is 6. The van der Waals surface area contributed by atoms with Gasteiger partial charge in [-0.1, -0.05) is 0 Å². The molecule has 2 nitrogen and oxygen atoms in total. The van der Waals surface area contributed by atoms with Crippen molar-refractivity contribution in [1.29, 1.82) is 0 Å². The molecule has 1 unspecified atom stereocenters. The van der Waals surface area contributed by atoms with E-state index in [1.807, 2.05) is 12.1 Å². The van der Waals surface area contributed by atoms with Gasteiger partial charge in [0.25, 0.3) is 0 Å². The van der Waals surface area contributed by atoms with Gasteiger partial charge in [0.05, 0.1) is 6.61 Å². The smallest absolute Gasteiger partial charge is 0.123 e. The predicted octanol–water partition coefficient (Wildman–Crippen LogP) is 2.54. The maximum atomic E-state index is 12.7. The first-order valence-electron chi connectivity index (χ1n) is 6.01. The molecule has 0 amide bonds. The lowest BCUT2D eigenvalue weighted by molar-refractivity contribution is 0.185. The van der Waals surface area contributed by atoms with Crippen molar-refractivity contribution in [2.75, 3.05) is 32.1 Å². The second kappa shape index (κ2) is 6.99. The van der Waals surface area contributed by atoms with Gasteiger partial charge in [0.2, 0.25) is 0 Å². The first-order valence-corrected chi connectivity index (χ1v) is 7.00. The Bertz CT molecular complexity index is 325. The van der Waals surface area contributed by atoms with E-state index in [4.69, 9.17) is 4.74 Å². The van der Waals surface area contributed by atoms with Crippen molar-refractivity contribution in [3.8, 4) is 0 Å². The zero-order valence-corrected chi connectivity index (χ0v) is 10.6. The zero-order valence-electron chi connectivity index (χ0n) is 9.82. The molecule has 0 aliphatic carbocycles. The third kappa shape index (κ3) is 4.66. The van der Waals surface area contributed by atoms with Crippen LogP contribution >= 0.6 is 11.8 Å². The molecule has 94 valence electrons. The topological polar surface area (TPSA) is 21.3 Å². The summed E-state index contributed by atoms with van der Waals surface area (Å²) in [7, 11) is 0. The van der Waals surface area contributed by atoms with Crippen LogP contribution in [0.25, 0.3) is 0 Å². The van der Waals surface area contributed by atoms with Gasteiger partial charge >= 0.3 is 0 Å². The van der Waals surface area contributed by atoms with Crippen molar-refractivity contribution < 1.29 is 9.13 Å². The second-order valence-corrected chi connectivity index (χ2v) is 5.40. The summed E-state index contributed by atoms with van der Waals surface area (Å²) in [5, 5.41) is 3.43. The van der Waals surface area contributed by atoms with Crippen LogP contribution in [0.15, 0.2) is 29.2 Å². The van der Waals surface area contributed by atoms with Crippen LogP contribution in [0.3, 0.4) is 0 Å². The zero-order chi connectivity index (χ0) is 11.9. The van der Waals surface area contributed by atoms with Gasteiger partial charge in [0, 0.05) is 30.3 Å². The van der Waals surface area contributed by atoms with Crippen LogP contribution in [-0.2, 0) is 4.74 Å². The molecule has 1 N–H and O–H groups in total. The standard InChI is InChI=1S/C13H18FNOS/c14-12-1-3-13(4-2-12)17-8-6-15-9-11-5-7-16-10-11/h1-4,11,15H,5-10H2. The molecule has 1 aliphatic heterocycles. The molecule has 1 aromatic rings. The predicted molar refractivity (Wildman–Crippen MR) is 68.9 cm³/mol. The summed E-state index contributed by atoms with van der Waals surface area (Å²) in [4.78, 5) is 1.12. The second-order valence-electron chi connectivity index (χ2n) is 4.24. The Labute approximate surface area is 106 Å². The Morgan fingerprint density at radius 1 is 1.35 bits per heavy atom. The fraction of sp³-hybridized carbons (Fsp3) is 0.538. The summed E-state index contributed by atoms with van der Waals surface area (Å²) in [6.45, 7) is 3.84. The van der Waals surface area contributed by atoms with Crippen molar-refractivity contribution in [2.24, 2.45) is 5.92 Å². The number of hydrogen-bond acceptors (Lipinski definition) is 3. The minimum absolute atomic E-state index is 0.172. The number of benzene rings is 1. The molecule has 1 aliphatic rings. The van der Waals surface area contributed by atoms with Crippen LogP contribution in [0.5, 0.6) is 0 Å². The number of nitrogens with one attached hydrogen (secondary N) is 1. The summed E-state index contributed by atoms with van der Waals surface area (Å²) >= 11 is 1.75. The molecule has 1 saturated heterocycles. The van der Waals surface area contributed by atoms with Crippen molar-refractivity contribution >= 4 is 11.8 Å². The van der Waals surface area contributed by atoms with Crippen LogP contribution < -0.4 is 5.32 Å². The monoisotopic (exact) mass is 255 g/mol. The molecule has 17 heavy (non-hydrogen) atoms. The summed E-state index contributed by atoms with van der Waals surface area (Å²) in [5.41, 5.74) is 0. The lowest BCUT2D eigenvalue weighted by Crippen LogP contribution is -2.25. The lowest BCUT2D eigenvalue weighted by atomic mass is 10.1. The lowest BCUT2D eigenvalue weighted by Gasteiger charge is -2.08. The molecule has 1 heterocycles. The number of ether oxygens (including phenoxy) is 1. The molecule has 4 heteroatoms. The molecule has 0 aromatic heterocycles. The molecule has 0 saturated carbocycles. The normalized spacial score (nSPS) is 19.7. The van der Waals surface area contributed by atoms with Gasteiger partial charge in [-0.25, -0.2) is 4.39 Å². The Morgan fingerprint density at radius 2 is 2.18 bits per heavy atom. The van der Waals surface area contributed by atoms with Crippen LogP contribution in [0.2, 0.25) is 0 Å². The average Bonchev–Trinajstić information content (AvgIpc) is 2.84. The molecule has 1 aromatic carbocycles. The van der Waals surface area contributed by atoms with E-state index in [2.05, 4.69) is 5.32 Å². The molecular formula is C13H18FNOS. The fourth-order valence-corrected chi connectivity index (χ4v) is 2.63. The SMILES string of the molecule is Fc1ccc(SCCNCC2CCOC2)cc1. The number of halogens is 1. The highest BCUT2D eigenvalue weighted by Crippen LogP contribution is 2.17. The highest BCUT2D eigenvalue weighted by molar-refractivity contribution is 7.99. The van der Waals surface area contributed by atoms with Crippen LogP contribution in [-0.4, -0.2) is 32.1 Å². The molecule has 2 rings (SSSR count). The van der Waals surface area contributed by atoms with Gasteiger partial charge in [0.1, 0.15) is 5.82 Å². The van der Waals surface area contributed by atoms with E-state index in [0.717, 1.165) is 37.0 Å². The highest BCUT2D eigenvalue weighted by Gasteiger charge is 2.14. The molecular weight excluding hydrogens is 237 g/mol. The highest BCUT2D eigenvalue weighted by atomic mass is 32.2. The molecule has 1 atom stereocenters. The van der Waals surface area contributed by atoms with Gasteiger partial charge in [0.15, 0.2) is 0 Å². The largest absolute Gasteiger partial charge is 0.381 e. The van der Waals surface area contributed by atoms with E-state index in [1.54, 1.807) is 11.8 Å².